The fourth-order valence-electron chi connectivity index (χ4n) is 1.82. The molecule has 0 aliphatic rings. The lowest BCUT2D eigenvalue weighted by Crippen LogP contribution is -2.52. The van der Waals surface area contributed by atoms with Crippen molar-refractivity contribution >= 4 is 11.9 Å². The molecule has 1 atom stereocenters. The number of pyridine rings is 1. The molecule has 1 unspecified atom stereocenters. The van der Waals surface area contributed by atoms with Crippen molar-refractivity contribution in [3.8, 4) is 5.75 Å². The van der Waals surface area contributed by atoms with Crippen LogP contribution in [0.25, 0.3) is 0 Å². The van der Waals surface area contributed by atoms with Crippen LogP contribution in [0.15, 0.2) is 18.5 Å². The van der Waals surface area contributed by atoms with Gasteiger partial charge in [0.25, 0.3) is 5.91 Å². The van der Waals surface area contributed by atoms with Crippen molar-refractivity contribution in [2.24, 2.45) is 0 Å². The molecule has 0 bridgehead atoms. The number of ether oxygens (including phenoxy) is 1. The zero-order valence-corrected chi connectivity index (χ0v) is 11.3. The van der Waals surface area contributed by atoms with Gasteiger partial charge in [-0.15, -0.1) is 0 Å². The van der Waals surface area contributed by atoms with Crippen LogP contribution in [0.5, 0.6) is 5.75 Å². The zero-order valence-electron chi connectivity index (χ0n) is 11.3. The summed E-state index contributed by atoms with van der Waals surface area (Å²) in [5.74, 6) is -1.09. The van der Waals surface area contributed by atoms with Crippen LogP contribution >= 0.6 is 0 Å². The molecule has 0 fully saturated rings. The first-order valence-electron chi connectivity index (χ1n) is 5.98. The minimum absolute atomic E-state index is 0.108. The summed E-state index contributed by atoms with van der Waals surface area (Å²) in [6.45, 7) is 3.51. The number of carbonyl (C=O) groups is 2. The van der Waals surface area contributed by atoms with E-state index >= 15 is 0 Å². The highest BCUT2D eigenvalue weighted by molar-refractivity contribution is 5.98. The van der Waals surface area contributed by atoms with Gasteiger partial charge < -0.3 is 15.2 Å². The van der Waals surface area contributed by atoms with Crippen LogP contribution in [0.2, 0.25) is 0 Å². The predicted molar refractivity (Wildman–Crippen MR) is 68.7 cm³/mol. The van der Waals surface area contributed by atoms with Gasteiger partial charge in [0, 0.05) is 6.20 Å². The van der Waals surface area contributed by atoms with Crippen molar-refractivity contribution in [3.63, 3.8) is 0 Å². The van der Waals surface area contributed by atoms with Gasteiger partial charge in [-0.2, -0.15) is 0 Å². The average Bonchev–Trinajstić information content (AvgIpc) is 2.37. The number of hydrogen-bond acceptors (Lipinski definition) is 5. The summed E-state index contributed by atoms with van der Waals surface area (Å²) < 4.78 is 4.71. The first kappa shape index (κ1) is 14.9. The predicted octanol–water partition coefficient (Wildman–Crippen LogP) is 1.25. The number of rotatable bonds is 5. The standard InChI is InChI=1S/C13H18N2O4/c1-4-5-13(2,12(18)19-3)15-11(17)9-6-10(16)8-14-7-9/h6-8,16H,4-5H2,1-3H3,(H,15,17). The molecule has 2 N–H and O–H groups in total. The summed E-state index contributed by atoms with van der Waals surface area (Å²) in [4.78, 5) is 27.5. The van der Waals surface area contributed by atoms with Crippen molar-refractivity contribution in [2.45, 2.75) is 32.2 Å². The Balaban J connectivity index is 2.91. The minimum atomic E-state index is -1.09. The number of nitrogens with one attached hydrogen (secondary N) is 1. The molecule has 0 aliphatic carbocycles. The van der Waals surface area contributed by atoms with E-state index in [1.165, 1.54) is 25.6 Å². The number of carbonyl (C=O) groups excluding carboxylic acids is 2. The van der Waals surface area contributed by atoms with Crippen molar-refractivity contribution in [2.75, 3.05) is 7.11 Å². The van der Waals surface area contributed by atoms with E-state index < -0.39 is 17.4 Å². The van der Waals surface area contributed by atoms with Gasteiger partial charge >= 0.3 is 5.97 Å². The molecule has 19 heavy (non-hydrogen) atoms. The Hall–Kier alpha value is -2.11. The van der Waals surface area contributed by atoms with Crippen LogP contribution in [0.3, 0.4) is 0 Å². The third kappa shape index (κ3) is 3.67. The van der Waals surface area contributed by atoms with E-state index in [4.69, 9.17) is 4.74 Å². The minimum Gasteiger partial charge on any atom is -0.506 e. The second-order valence-electron chi connectivity index (χ2n) is 4.46. The molecule has 1 aromatic rings. The molecule has 0 saturated carbocycles. The zero-order chi connectivity index (χ0) is 14.5. The van der Waals surface area contributed by atoms with Gasteiger partial charge in [0.05, 0.1) is 18.9 Å². The van der Waals surface area contributed by atoms with Crippen molar-refractivity contribution in [1.29, 1.82) is 0 Å². The van der Waals surface area contributed by atoms with E-state index in [9.17, 15) is 14.7 Å². The van der Waals surface area contributed by atoms with E-state index in [-0.39, 0.29) is 11.3 Å². The quantitative estimate of drug-likeness (QED) is 0.783. The first-order chi connectivity index (χ1) is 8.92. The van der Waals surface area contributed by atoms with Crippen LogP contribution in [0.4, 0.5) is 0 Å². The maximum absolute atomic E-state index is 12.0. The molecule has 1 amide bonds. The van der Waals surface area contributed by atoms with Gasteiger partial charge in [-0.1, -0.05) is 13.3 Å². The molecule has 0 aliphatic heterocycles. The summed E-state index contributed by atoms with van der Waals surface area (Å²) in [6.07, 6.45) is 3.71. The first-order valence-corrected chi connectivity index (χ1v) is 5.98. The Morgan fingerprint density at radius 3 is 2.68 bits per heavy atom. The highest BCUT2D eigenvalue weighted by Gasteiger charge is 2.35. The van der Waals surface area contributed by atoms with Gasteiger partial charge in [-0.05, 0) is 19.4 Å². The fourth-order valence-corrected chi connectivity index (χ4v) is 1.82. The highest BCUT2D eigenvalue weighted by Crippen LogP contribution is 2.16. The van der Waals surface area contributed by atoms with Crippen molar-refractivity contribution in [1.82, 2.24) is 10.3 Å². The second-order valence-corrected chi connectivity index (χ2v) is 4.46. The molecule has 104 valence electrons. The smallest absolute Gasteiger partial charge is 0.331 e. The molecule has 1 rings (SSSR count). The molecule has 1 heterocycles. The number of amides is 1. The third-order valence-corrected chi connectivity index (χ3v) is 2.76. The van der Waals surface area contributed by atoms with E-state index in [0.29, 0.717) is 12.8 Å². The lowest BCUT2D eigenvalue weighted by Gasteiger charge is -2.27. The lowest BCUT2D eigenvalue weighted by atomic mass is 9.95. The lowest BCUT2D eigenvalue weighted by molar-refractivity contribution is -0.147. The van der Waals surface area contributed by atoms with E-state index in [2.05, 4.69) is 10.3 Å². The summed E-state index contributed by atoms with van der Waals surface area (Å²) in [5, 5.41) is 11.9. The molecular formula is C13H18N2O4. The number of nitrogens with zero attached hydrogens (tertiary/aromatic N) is 1. The monoisotopic (exact) mass is 266 g/mol. The SMILES string of the molecule is CCCC(C)(NC(=O)c1cncc(O)c1)C(=O)OC. The van der Waals surface area contributed by atoms with Gasteiger partial charge in [0.1, 0.15) is 11.3 Å². The second kappa shape index (κ2) is 6.17. The molecule has 1 aromatic heterocycles. The Morgan fingerprint density at radius 1 is 1.47 bits per heavy atom. The number of esters is 1. The summed E-state index contributed by atoms with van der Waals surface area (Å²) >= 11 is 0. The topological polar surface area (TPSA) is 88.5 Å². The summed E-state index contributed by atoms with van der Waals surface area (Å²) in [6, 6.07) is 1.28. The van der Waals surface area contributed by atoms with Crippen LogP contribution in [-0.2, 0) is 9.53 Å². The maximum atomic E-state index is 12.0. The van der Waals surface area contributed by atoms with Crippen LogP contribution < -0.4 is 5.32 Å². The normalized spacial score (nSPS) is 13.4. The summed E-state index contributed by atoms with van der Waals surface area (Å²) in [5.41, 5.74) is -0.905. The fraction of sp³-hybridized carbons (Fsp3) is 0.462. The number of aromatic hydroxyl groups is 1. The van der Waals surface area contributed by atoms with Gasteiger partial charge in [0.15, 0.2) is 0 Å². The Bertz CT molecular complexity index is 475. The molecular weight excluding hydrogens is 248 g/mol. The Morgan fingerprint density at radius 2 is 2.16 bits per heavy atom. The van der Waals surface area contributed by atoms with E-state index in [0.717, 1.165) is 0 Å². The summed E-state index contributed by atoms with van der Waals surface area (Å²) in [7, 11) is 1.28. The molecule has 0 saturated heterocycles. The van der Waals surface area contributed by atoms with E-state index in [1.54, 1.807) is 6.92 Å². The van der Waals surface area contributed by atoms with Crippen molar-refractivity contribution in [3.05, 3.63) is 24.0 Å². The molecule has 0 radical (unpaired) electrons. The maximum Gasteiger partial charge on any atom is 0.331 e. The van der Waals surface area contributed by atoms with Gasteiger partial charge in [-0.3, -0.25) is 9.78 Å². The van der Waals surface area contributed by atoms with Gasteiger partial charge in [0.2, 0.25) is 0 Å². The van der Waals surface area contributed by atoms with Crippen molar-refractivity contribution < 1.29 is 19.4 Å². The third-order valence-electron chi connectivity index (χ3n) is 2.76. The largest absolute Gasteiger partial charge is 0.506 e. The van der Waals surface area contributed by atoms with Crippen LogP contribution in [0.1, 0.15) is 37.0 Å². The molecule has 6 heteroatoms. The number of aromatic nitrogens is 1. The number of methoxy groups -OCH3 is 1. The molecule has 6 nitrogen and oxygen atoms in total. The van der Waals surface area contributed by atoms with Crippen LogP contribution in [-0.4, -0.2) is 34.6 Å². The number of hydrogen-bond donors (Lipinski definition) is 2. The van der Waals surface area contributed by atoms with Crippen LogP contribution in [0, 0.1) is 0 Å². The van der Waals surface area contributed by atoms with Gasteiger partial charge in [-0.25, -0.2) is 4.79 Å². The molecule has 0 aromatic carbocycles. The highest BCUT2D eigenvalue weighted by atomic mass is 16.5. The Labute approximate surface area is 111 Å². The van der Waals surface area contributed by atoms with E-state index in [1.807, 2.05) is 6.92 Å². The average molecular weight is 266 g/mol. The molecule has 0 spiro atoms. The Kier molecular flexibility index (Phi) is 4.86.